The van der Waals surface area contributed by atoms with Crippen LogP contribution in [-0.2, 0) is 16.2 Å². The Morgan fingerprint density at radius 3 is 2.76 bits per heavy atom. The van der Waals surface area contributed by atoms with Crippen LogP contribution >= 0.6 is 11.6 Å². The van der Waals surface area contributed by atoms with Crippen molar-refractivity contribution in [1.82, 2.24) is 35.1 Å². The van der Waals surface area contributed by atoms with Gasteiger partial charge in [0.15, 0.2) is 0 Å². The monoisotopic (exact) mass is 582 g/mol. The molecule has 1 aliphatic heterocycles. The standard InChI is InChI=1S/C30H27ClN8O3/c31-21-9-12-26(39-18-32-36-37-39)20(15-21)8-13-28(41)38-14-4-7-23(19-5-2-1-3-6-19)29(38)30(42)33-22-10-11-24-25(16-22)35-27(17-40)34-24/h1-3,5-6,8-13,15-16,18,23,29,40H,4,7,14,17H2,(H,33,42)(H,34,35)/b13-8+. The lowest BCUT2D eigenvalue weighted by molar-refractivity contribution is -0.137. The number of rotatable bonds is 7. The number of benzene rings is 3. The molecule has 2 aromatic heterocycles. The molecule has 5 aromatic rings. The Morgan fingerprint density at radius 1 is 1.12 bits per heavy atom. The van der Waals surface area contributed by atoms with Gasteiger partial charge in [-0.1, -0.05) is 41.9 Å². The third kappa shape index (κ3) is 5.65. The Balaban J connectivity index is 1.31. The molecule has 212 valence electrons. The van der Waals surface area contributed by atoms with Gasteiger partial charge in [-0.05, 0) is 71.3 Å². The van der Waals surface area contributed by atoms with E-state index < -0.39 is 6.04 Å². The second-order valence-corrected chi connectivity index (χ2v) is 10.4. The van der Waals surface area contributed by atoms with Crippen molar-refractivity contribution in [3.8, 4) is 5.69 Å². The number of carbonyl (C=O) groups is 2. The molecule has 0 spiro atoms. The average molecular weight is 583 g/mol. The van der Waals surface area contributed by atoms with Crippen molar-refractivity contribution < 1.29 is 14.7 Å². The maximum atomic E-state index is 14.0. The molecule has 0 radical (unpaired) electrons. The van der Waals surface area contributed by atoms with Crippen LogP contribution in [-0.4, -0.2) is 64.6 Å². The van der Waals surface area contributed by atoms with Gasteiger partial charge < -0.3 is 20.3 Å². The quantitative estimate of drug-likeness (QED) is 0.245. The van der Waals surface area contributed by atoms with Crippen molar-refractivity contribution in [1.29, 1.82) is 0 Å². The van der Waals surface area contributed by atoms with E-state index in [1.165, 1.54) is 17.1 Å². The van der Waals surface area contributed by atoms with Crippen LogP contribution in [0.15, 0.2) is 79.1 Å². The van der Waals surface area contributed by atoms with Gasteiger partial charge in [-0.25, -0.2) is 4.98 Å². The fourth-order valence-electron chi connectivity index (χ4n) is 5.44. The second-order valence-electron chi connectivity index (χ2n) is 9.99. The number of tetrazole rings is 1. The first kappa shape index (κ1) is 27.3. The number of imidazole rings is 1. The highest BCUT2D eigenvalue weighted by Gasteiger charge is 2.39. The molecule has 12 heteroatoms. The minimum atomic E-state index is -0.750. The van der Waals surface area contributed by atoms with E-state index in [1.54, 1.807) is 47.4 Å². The van der Waals surface area contributed by atoms with Gasteiger partial charge in [-0.2, -0.15) is 4.68 Å². The molecule has 11 nitrogen and oxygen atoms in total. The summed E-state index contributed by atoms with van der Waals surface area (Å²) in [7, 11) is 0. The van der Waals surface area contributed by atoms with Crippen molar-refractivity contribution in [3.05, 3.63) is 101 Å². The van der Waals surface area contributed by atoms with E-state index in [4.69, 9.17) is 11.6 Å². The number of H-pyrrole nitrogens is 1. The third-order valence-corrected chi connectivity index (χ3v) is 7.59. The van der Waals surface area contributed by atoms with E-state index in [-0.39, 0.29) is 24.3 Å². The fourth-order valence-corrected chi connectivity index (χ4v) is 5.62. The Bertz CT molecular complexity index is 1750. The predicted molar refractivity (Wildman–Crippen MR) is 158 cm³/mol. The molecule has 1 saturated heterocycles. The maximum absolute atomic E-state index is 14.0. The number of halogens is 1. The number of hydrogen-bond donors (Lipinski definition) is 3. The van der Waals surface area contributed by atoms with Crippen LogP contribution in [0.3, 0.4) is 0 Å². The van der Waals surface area contributed by atoms with E-state index >= 15 is 0 Å². The number of amides is 2. The minimum absolute atomic E-state index is 0.199. The number of hydrogen-bond acceptors (Lipinski definition) is 7. The van der Waals surface area contributed by atoms with Crippen LogP contribution in [0.2, 0.25) is 5.02 Å². The molecule has 0 saturated carbocycles. The van der Waals surface area contributed by atoms with Crippen LogP contribution in [0, 0.1) is 0 Å². The molecule has 1 aliphatic rings. The Hall–Kier alpha value is -4.87. The second kappa shape index (κ2) is 11.9. The smallest absolute Gasteiger partial charge is 0.247 e. The summed E-state index contributed by atoms with van der Waals surface area (Å²) in [6.07, 6.45) is 6.09. The van der Waals surface area contributed by atoms with E-state index in [1.807, 2.05) is 30.3 Å². The summed E-state index contributed by atoms with van der Waals surface area (Å²) in [5, 5.41) is 24.3. The zero-order valence-corrected chi connectivity index (χ0v) is 23.1. The molecule has 3 aromatic carbocycles. The van der Waals surface area contributed by atoms with Crippen molar-refractivity contribution in [2.75, 3.05) is 11.9 Å². The number of aromatic nitrogens is 6. The van der Waals surface area contributed by atoms with Crippen molar-refractivity contribution in [3.63, 3.8) is 0 Å². The number of likely N-dealkylation sites (tertiary alicyclic amines) is 1. The number of carbonyl (C=O) groups excluding carboxylic acids is 2. The normalized spacial score (nSPS) is 17.1. The van der Waals surface area contributed by atoms with Crippen LogP contribution in [0.4, 0.5) is 5.69 Å². The molecular formula is C30H27ClN8O3. The first-order valence-electron chi connectivity index (χ1n) is 13.5. The van der Waals surface area contributed by atoms with Gasteiger partial charge in [-0.15, -0.1) is 5.10 Å². The number of piperidine rings is 1. The number of aromatic amines is 1. The van der Waals surface area contributed by atoms with Gasteiger partial charge in [0, 0.05) is 34.8 Å². The lowest BCUT2D eigenvalue weighted by Gasteiger charge is -2.40. The summed E-state index contributed by atoms with van der Waals surface area (Å²) in [6.45, 7) is 0.215. The predicted octanol–water partition coefficient (Wildman–Crippen LogP) is 4.11. The largest absolute Gasteiger partial charge is 0.388 e. The Labute approximate surface area is 245 Å². The van der Waals surface area contributed by atoms with Gasteiger partial charge >= 0.3 is 0 Å². The summed E-state index contributed by atoms with van der Waals surface area (Å²) in [5.74, 6) is -0.347. The average Bonchev–Trinajstić information content (AvgIpc) is 3.70. The number of fused-ring (bicyclic) bond motifs is 1. The topological polar surface area (TPSA) is 142 Å². The molecular weight excluding hydrogens is 556 g/mol. The van der Waals surface area contributed by atoms with Crippen molar-refractivity contribution >= 4 is 46.2 Å². The molecule has 3 heterocycles. The molecule has 2 atom stereocenters. The lowest BCUT2D eigenvalue weighted by atomic mass is 9.82. The Kier molecular flexibility index (Phi) is 7.76. The molecule has 2 amide bonds. The zero-order chi connectivity index (χ0) is 29.1. The maximum Gasteiger partial charge on any atom is 0.247 e. The summed E-state index contributed by atoms with van der Waals surface area (Å²) in [6, 6.07) is 19.6. The molecule has 3 N–H and O–H groups in total. The highest BCUT2D eigenvalue weighted by atomic mass is 35.5. The summed E-state index contributed by atoms with van der Waals surface area (Å²) in [5.41, 5.74) is 4.22. The number of aliphatic hydroxyl groups excluding tert-OH is 1. The summed E-state index contributed by atoms with van der Waals surface area (Å²) < 4.78 is 1.49. The van der Waals surface area contributed by atoms with Crippen molar-refractivity contribution in [2.45, 2.75) is 31.4 Å². The third-order valence-electron chi connectivity index (χ3n) is 7.35. The van der Waals surface area contributed by atoms with Gasteiger partial charge in [0.25, 0.3) is 0 Å². The van der Waals surface area contributed by atoms with Gasteiger partial charge in [-0.3, -0.25) is 9.59 Å². The Morgan fingerprint density at radius 2 is 1.98 bits per heavy atom. The van der Waals surface area contributed by atoms with E-state index in [0.717, 1.165) is 23.9 Å². The van der Waals surface area contributed by atoms with E-state index in [0.29, 0.717) is 39.8 Å². The number of aliphatic hydroxyl groups is 1. The van der Waals surface area contributed by atoms with Gasteiger partial charge in [0.2, 0.25) is 11.8 Å². The molecule has 0 bridgehead atoms. The minimum Gasteiger partial charge on any atom is -0.388 e. The summed E-state index contributed by atoms with van der Waals surface area (Å²) >= 11 is 6.26. The lowest BCUT2D eigenvalue weighted by Crippen LogP contribution is -2.53. The highest BCUT2D eigenvalue weighted by Crippen LogP contribution is 2.34. The van der Waals surface area contributed by atoms with Crippen LogP contribution in [0.25, 0.3) is 22.8 Å². The number of nitrogens with one attached hydrogen (secondary N) is 2. The van der Waals surface area contributed by atoms with Crippen LogP contribution in [0.1, 0.15) is 35.7 Å². The number of nitrogens with zero attached hydrogens (tertiary/aromatic N) is 6. The first-order chi connectivity index (χ1) is 20.5. The number of anilines is 1. The van der Waals surface area contributed by atoms with Gasteiger partial charge in [0.05, 0.1) is 16.7 Å². The molecule has 0 aliphatic carbocycles. The molecule has 2 unspecified atom stereocenters. The van der Waals surface area contributed by atoms with Crippen LogP contribution < -0.4 is 5.32 Å². The molecule has 1 fully saturated rings. The van der Waals surface area contributed by atoms with Gasteiger partial charge in [0.1, 0.15) is 24.8 Å². The molecule has 6 rings (SSSR count). The van der Waals surface area contributed by atoms with Crippen LogP contribution in [0.5, 0.6) is 0 Å². The highest BCUT2D eigenvalue weighted by molar-refractivity contribution is 6.30. The fraction of sp³-hybridized carbons (Fsp3) is 0.200. The zero-order valence-electron chi connectivity index (χ0n) is 22.4. The first-order valence-corrected chi connectivity index (χ1v) is 13.8. The SMILES string of the molecule is O=C(Nc1ccc2[nH]c(CO)nc2c1)C1C(c2ccccc2)CCCN1C(=O)/C=C/c1cc(Cl)ccc1-n1cnnn1. The molecule has 42 heavy (non-hydrogen) atoms. The van der Waals surface area contributed by atoms with E-state index in [9.17, 15) is 14.7 Å². The van der Waals surface area contributed by atoms with Crippen molar-refractivity contribution in [2.24, 2.45) is 0 Å². The summed E-state index contributed by atoms with van der Waals surface area (Å²) in [4.78, 5) is 36.7. The van der Waals surface area contributed by atoms with E-state index in [2.05, 4.69) is 30.8 Å².